The van der Waals surface area contributed by atoms with Gasteiger partial charge in [0.05, 0.1) is 20.2 Å². The Balaban J connectivity index is 0.000000211. The molecule has 1 unspecified atom stereocenters. The van der Waals surface area contributed by atoms with E-state index in [2.05, 4.69) is 5.32 Å². The molecule has 6 nitrogen and oxygen atoms in total. The van der Waals surface area contributed by atoms with E-state index in [1.165, 1.54) is 6.92 Å². The Bertz CT molecular complexity index is 1150. The van der Waals surface area contributed by atoms with Crippen LogP contribution in [0, 0.1) is 5.92 Å². The molecule has 0 aliphatic carbocycles. The molecule has 3 aromatic rings. The highest BCUT2D eigenvalue weighted by atomic mass is 79.9. The van der Waals surface area contributed by atoms with Crippen molar-refractivity contribution in [1.29, 1.82) is 0 Å². The highest BCUT2D eigenvalue weighted by Gasteiger charge is 2.48. The molecule has 7 heteroatoms. The monoisotopic (exact) mass is 566 g/mol. The third-order valence-electron chi connectivity index (χ3n) is 7.07. The lowest BCUT2D eigenvalue weighted by Crippen LogP contribution is -3.00. The van der Waals surface area contributed by atoms with Crippen molar-refractivity contribution < 1.29 is 40.5 Å². The highest BCUT2D eigenvalue weighted by molar-refractivity contribution is 5.96. The van der Waals surface area contributed by atoms with Crippen LogP contribution in [0.1, 0.15) is 30.1 Å². The normalized spacial score (nSPS) is 21.5. The van der Waals surface area contributed by atoms with Crippen LogP contribution in [0.15, 0.2) is 84.9 Å². The Morgan fingerprint density at radius 2 is 1.51 bits per heavy atom. The van der Waals surface area contributed by atoms with Crippen molar-refractivity contribution in [3.05, 3.63) is 90.5 Å². The number of hydrogen-bond acceptors (Lipinski definition) is 5. The zero-order chi connectivity index (χ0) is 25.4. The number of carbonyl (C=O) groups excluding carboxylic acids is 2. The van der Waals surface area contributed by atoms with Crippen LogP contribution >= 0.6 is 0 Å². The quantitative estimate of drug-likeness (QED) is 0.270. The number of nitrogens with one attached hydrogen (secondary N) is 1. The Morgan fingerprint density at radius 1 is 0.892 bits per heavy atom. The first kappa shape index (κ1) is 28.4. The number of Topliss-reactive ketones (excluding diaryl/α,β-unsaturated/α-hetero) is 1. The predicted molar refractivity (Wildman–Crippen MR) is 141 cm³/mol. The zero-order valence-corrected chi connectivity index (χ0v) is 23.0. The topological polar surface area (TPSA) is 64.6 Å². The molecule has 0 aromatic heterocycles. The van der Waals surface area contributed by atoms with E-state index in [9.17, 15) is 9.59 Å². The van der Waals surface area contributed by atoms with Crippen LogP contribution in [0.3, 0.4) is 0 Å². The maximum Gasteiger partial charge on any atom is 0.303 e. The number of quaternary nitrogens is 1. The number of benzene rings is 3. The Kier molecular flexibility index (Phi) is 10.3. The third kappa shape index (κ3) is 7.91. The van der Waals surface area contributed by atoms with Gasteiger partial charge in [0, 0.05) is 48.7 Å². The fourth-order valence-electron chi connectivity index (χ4n) is 5.20. The van der Waals surface area contributed by atoms with Crippen molar-refractivity contribution in [3.8, 4) is 5.75 Å². The lowest BCUT2D eigenvalue weighted by molar-refractivity contribution is -0.938. The van der Waals surface area contributed by atoms with Crippen molar-refractivity contribution in [2.24, 2.45) is 5.92 Å². The van der Waals surface area contributed by atoms with Gasteiger partial charge in [-0.1, -0.05) is 54.6 Å². The van der Waals surface area contributed by atoms with Crippen LogP contribution < -0.4 is 27.0 Å². The van der Waals surface area contributed by atoms with Gasteiger partial charge < -0.3 is 36.3 Å². The summed E-state index contributed by atoms with van der Waals surface area (Å²) in [6, 6.07) is 27.4. The zero-order valence-electron chi connectivity index (χ0n) is 21.4. The van der Waals surface area contributed by atoms with Crippen molar-refractivity contribution in [2.75, 3.05) is 38.6 Å². The number of rotatable bonds is 7. The molecule has 0 radical (unpaired) electrons. The summed E-state index contributed by atoms with van der Waals surface area (Å²) >= 11 is 0. The van der Waals surface area contributed by atoms with Crippen molar-refractivity contribution in [1.82, 2.24) is 0 Å². The largest absolute Gasteiger partial charge is 1.00 e. The summed E-state index contributed by atoms with van der Waals surface area (Å²) in [7, 11) is 1.67. The number of ether oxygens (including phenoxy) is 2. The van der Waals surface area contributed by atoms with E-state index in [-0.39, 0.29) is 34.8 Å². The van der Waals surface area contributed by atoms with Gasteiger partial charge in [0.15, 0.2) is 6.10 Å². The van der Waals surface area contributed by atoms with Crippen molar-refractivity contribution in [2.45, 2.75) is 25.9 Å². The lowest BCUT2D eigenvalue weighted by Gasteiger charge is -2.51. The van der Waals surface area contributed by atoms with Crippen LogP contribution in [0.4, 0.5) is 11.4 Å². The molecule has 0 saturated carbocycles. The average Bonchev–Trinajstić information content (AvgIpc) is 2.90. The van der Waals surface area contributed by atoms with Gasteiger partial charge in [-0.15, -0.1) is 0 Å². The van der Waals surface area contributed by atoms with E-state index in [1.54, 1.807) is 7.11 Å². The molecule has 2 bridgehead atoms. The molecule has 37 heavy (non-hydrogen) atoms. The fraction of sp³-hybridized carbons (Fsp3) is 0.333. The second-order valence-corrected chi connectivity index (χ2v) is 9.63. The van der Waals surface area contributed by atoms with E-state index in [4.69, 9.17) is 9.47 Å². The number of carbonyl (C=O) groups is 2. The molecular weight excluding hydrogens is 532 g/mol. The molecule has 3 aliphatic heterocycles. The SMILES string of the molecule is CC(=O)OC1C[N+]2(CC(=O)c3ccccc3)CCC1CC2.COc1cccc(Nc2ccccc2)c1.[Br-]. The smallest absolute Gasteiger partial charge is 0.303 e. The van der Waals surface area contributed by atoms with E-state index < -0.39 is 0 Å². The van der Waals surface area contributed by atoms with Crippen LogP contribution in [0.5, 0.6) is 5.75 Å². The first-order valence-electron chi connectivity index (χ1n) is 12.5. The van der Waals surface area contributed by atoms with Gasteiger partial charge in [-0.3, -0.25) is 9.59 Å². The van der Waals surface area contributed by atoms with Gasteiger partial charge >= 0.3 is 5.97 Å². The van der Waals surface area contributed by atoms with E-state index >= 15 is 0 Å². The predicted octanol–water partition coefficient (Wildman–Crippen LogP) is 2.48. The summed E-state index contributed by atoms with van der Waals surface area (Å²) in [4.78, 5) is 23.7. The summed E-state index contributed by atoms with van der Waals surface area (Å²) in [6.45, 7) is 4.84. The first-order chi connectivity index (χ1) is 17.5. The highest BCUT2D eigenvalue weighted by Crippen LogP contribution is 2.35. The second kappa shape index (κ2) is 13.4. The summed E-state index contributed by atoms with van der Waals surface area (Å²) in [5.74, 6) is 1.33. The molecule has 196 valence electrons. The van der Waals surface area contributed by atoms with Crippen LogP contribution in [-0.2, 0) is 9.53 Å². The Hall–Kier alpha value is -3.16. The number of anilines is 2. The Labute approximate surface area is 230 Å². The molecule has 1 N–H and O–H groups in total. The van der Waals surface area contributed by atoms with Gasteiger partial charge in [-0.25, -0.2) is 0 Å². The van der Waals surface area contributed by atoms with Gasteiger partial charge in [0.1, 0.15) is 18.8 Å². The number of esters is 1. The summed E-state index contributed by atoms with van der Waals surface area (Å²) in [5.41, 5.74) is 2.88. The molecule has 3 fully saturated rings. The fourth-order valence-corrected chi connectivity index (χ4v) is 5.20. The first-order valence-corrected chi connectivity index (χ1v) is 12.5. The van der Waals surface area contributed by atoms with Crippen LogP contribution in [-0.4, -0.2) is 55.6 Å². The number of nitrogens with zero attached hydrogens (tertiary/aromatic N) is 1. The molecule has 1 atom stereocenters. The molecule has 3 aliphatic rings. The average molecular weight is 568 g/mol. The van der Waals surface area contributed by atoms with E-state index in [1.807, 2.05) is 84.9 Å². The number of piperidine rings is 3. The minimum Gasteiger partial charge on any atom is -1.00 e. The molecule has 3 aromatic carbocycles. The molecule has 0 spiro atoms. The molecule has 0 amide bonds. The third-order valence-corrected chi connectivity index (χ3v) is 7.07. The number of methoxy groups -OCH3 is 1. The maximum absolute atomic E-state index is 12.5. The molecule has 3 saturated heterocycles. The van der Waals surface area contributed by atoms with Gasteiger partial charge in [-0.05, 0) is 24.3 Å². The van der Waals surface area contributed by atoms with Gasteiger partial charge in [-0.2, -0.15) is 0 Å². The minimum atomic E-state index is -0.207. The second-order valence-electron chi connectivity index (χ2n) is 9.63. The summed E-state index contributed by atoms with van der Waals surface area (Å²) in [6.07, 6.45) is 2.11. The van der Waals surface area contributed by atoms with Crippen LogP contribution in [0.2, 0.25) is 0 Å². The summed E-state index contributed by atoms with van der Waals surface area (Å²) in [5, 5.41) is 3.30. The van der Waals surface area contributed by atoms with Crippen molar-refractivity contribution in [3.63, 3.8) is 0 Å². The number of ketones is 1. The number of fused-ring (bicyclic) bond motifs is 3. The standard InChI is InChI=1S/C17H22NO3.C13H13NO.BrH/c1-13(19)21-17-12-18(9-7-15(17)8-10-18)11-16(20)14-5-3-2-4-6-14;1-15-13-9-5-8-12(10-13)14-11-6-3-2-4-7-11;/h2-6,15,17H,7-12H2,1H3;2-10,14H,1H3;1H/q+1;;/p-1. The van der Waals surface area contributed by atoms with E-state index in [0.29, 0.717) is 12.5 Å². The number of para-hydroxylation sites is 1. The van der Waals surface area contributed by atoms with E-state index in [0.717, 1.165) is 59.6 Å². The number of halogens is 1. The van der Waals surface area contributed by atoms with Crippen LogP contribution in [0.25, 0.3) is 0 Å². The van der Waals surface area contributed by atoms with Crippen molar-refractivity contribution >= 4 is 23.1 Å². The number of hydrogen-bond donors (Lipinski definition) is 1. The van der Waals surface area contributed by atoms with Gasteiger partial charge in [0.25, 0.3) is 0 Å². The van der Waals surface area contributed by atoms with Gasteiger partial charge in [0.2, 0.25) is 5.78 Å². The lowest BCUT2D eigenvalue weighted by atomic mass is 9.83. The maximum atomic E-state index is 12.5. The Morgan fingerprint density at radius 3 is 2.14 bits per heavy atom. The molecule has 6 rings (SSSR count). The minimum absolute atomic E-state index is 0. The molecular formula is C30H35BrN2O4. The summed E-state index contributed by atoms with van der Waals surface area (Å²) < 4.78 is 11.4. The molecule has 3 heterocycles.